The van der Waals surface area contributed by atoms with E-state index in [1.165, 1.54) is 276 Å². The fraction of sp³-hybridized carbons (Fsp3) is 0.953. The van der Waals surface area contributed by atoms with Crippen LogP contribution in [0, 0.1) is 11.8 Å². The maximum Gasteiger partial charge on any atom is 0.472 e. The van der Waals surface area contributed by atoms with E-state index in [2.05, 4.69) is 41.5 Å². The van der Waals surface area contributed by atoms with Gasteiger partial charge in [-0.2, -0.15) is 0 Å². The summed E-state index contributed by atoms with van der Waals surface area (Å²) in [6.07, 6.45) is 69.4. The summed E-state index contributed by atoms with van der Waals surface area (Å²) in [5.41, 5.74) is 0. The molecule has 0 aliphatic rings. The Labute approximate surface area is 645 Å². The Hall–Kier alpha value is -1.94. The predicted octanol–water partition coefficient (Wildman–Crippen LogP) is 26.2. The molecule has 0 aromatic heterocycles. The molecule has 0 spiro atoms. The van der Waals surface area contributed by atoms with Crippen LogP contribution in [0.3, 0.4) is 0 Å². The number of phosphoric ester groups is 2. The topological polar surface area (TPSA) is 237 Å². The average Bonchev–Trinajstić information content (AvgIpc) is 1.15. The fourth-order valence-electron chi connectivity index (χ4n) is 13.4. The van der Waals surface area contributed by atoms with E-state index in [0.717, 1.165) is 102 Å². The highest BCUT2D eigenvalue weighted by atomic mass is 31.2. The summed E-state index contributed by atoms with van der Waals surface area (Å²) in [5.74, 6) is -0.525. The number of hydrogen-bond acceptors (Lipinski definition) is 15. The second-order valence-corrected chi connectivity index (χ2v) is 34.6. The molecule has 0 saturated heterocycles. The van der Waals surface area contributed by atoms with E-state index in [4.69, 9.17) is 37.0 Å². The van der Waals surface area contributed by atoms with Gasteiger partial charge in [-0.25, -0.2) is 9.13 Å². The smallest absolute Gasteiger partial charge is 0.462 e. The number of unbranched alkanes of at least 4 members (excludes halogenated alkanes) is 54. The number of ether oxygens (including phenoxy) is 4. The minimum atomic E-state index is -4.97. The monoisotopic (exact) mass is 1540 g/mol. The van der Waals surface area contributed by atoms with Gasteiger partial charge in [-0.3, -0.25) is 37.3 Å². The van der Waals surface area contributed by atoms with Crippen LogP contribution in [-0.2, 0) is 65.4 Å². The first-order valence-corrected chi connectivity index (χ1v) is 47.5. The van der Waals surface area contributed by atoms with Gasteiger partial charge < -0.3 is 33.8 Å². The van der Waals surface area contributed by atoms with Gasteiger partial charge >= 0.3 is 39.5 Å². The van der Waals surface area contributed by atoms with Crippen molar-refractivity contribution in [1.29, 1.82) is 0 Å². The third-order valence-electron chi connectivity index (χ3n) is 20.6. The molecule has 0 aromatic rings. The summed E-state index contributed by atoms with van der Waals surface area (Å²) >= 11 is 0. The number of aliphatic hydroxyl groups is 1. The molecule has 19 heteroatoms. The number of carbonyl (C=O) groups excluding carboxylic acids is 4. The Bertz CT molecular complexity index is 2010. The van der Waals surface area contributed by atoms with E-state index in [1.54, 1.807) is 0 Å². The largest absolute Gasteiger partial charge is 0.472 e. The minimum Gasteiger partial charge on any atom is -0.462 e. The van der Waals surface area contributed by atoms with Crippen LogP contribution < -0.4 is 0 Å². The van der Waals surface area contributed by atoms with E-state index < -0.39 is 97.5 Å². The summed E-state index contributed by atoms with van der Waals surface area (Å²) in [5, 5.41) is 10.7. The summed E-state index contributed by atoms with van der Waals surface area (Å²) in [6, 6.07) is 0. The van der Waals surface area contributed by atoms with Crippen molar-refractivity contribution in [2.45, 2.75) is 477 Å². The van der Waals surface area contributed by atoms with E-state index in [1.807, 2.05) is 0 Å². The van der Waals surface area contributed by atoms with E-state index in [0.29, 0.717) is 25.7 Å². The maximum atomic E-state index is 13.1. The average molecular weight is 1540 g/mol. The van der Waals surface area contributed by atoms with Crippen molar-refractivity contribution in [3.8, 4) is 0 Å². The third kappa shape index (κ3) is 78.5. The number of hydrogen-bond donors (Lipinski definition) is 3. The van der Waals surface area contributed by atoms with Crippen molar-refractivity contribution in [2.75, 3.05) is 39.6 Å². The molecule has 3 N–H and O–H groups in total. The normalized spacial score (nSPS) is 14.1. The molecule has 17 nitrogen and oxygen atoms in total. The van der Waals surface area contributed by atoms with Crippen LogP contribution in [0.2, 0.25) is 0 Å². The van der Waals surface area contributed by atoms with Crippen molar-refractivity contribution in [2.24, 2.45) is 11.8 Å². The lowest BCUT2D eigenvalue weighted by molar-refractivity contribution is -0.161. The Morgan fingerprint density at radius 2 is 0.486 bits per heavy atom. The number of carbonyl (C=O) groups is 4. The van der Waals surface area contributed by atoms with Gasteiger partial charge in [-0.1, -0.05) is 408 Å². The minimum absolute atomic E-state index is 0.108. The highest BCUT2D eigenvalue weighted by molar-refractivity contribution is 7.47. The number of esters is 4. The molecule has 0 rings (SSSR count). The van der Waals surface area contributed by atoms with Crippen molar-refractivity contribution in [1.82, 2.24) is 0 Å². The van der Waals surface area contributed by atoms with Crippen LogP contribution in [0.1, 0.15) is 459 Å². The van der Waals surface area contributed by atoms with Gasteiger partial charge in [0.15, 0.2) is 12.2 Å². The molecule has 0 radical (unpaired) electrons. The zero-order valence-corrected chi connectivity index (χ0v) is 70.8. The van der Waals surface area contributed by atoms with Crippen LogP contribution in [-0.4, -0.2) is 96.7 Å². The summed E-state index contributed by atoms with van der Waals surface area (Å²) in [7, 11) is -9.93. The predicted molar refractivity (Wildman–Crippen MR) is 432 cm³/mol. The Balaban J connectivity index is 5.25. The standard InChI is InChI=1S/C86H168O17P2/c1-7-10-12-14-16-18-20-22-24-25-26-27-28-29-31-37-41-45-53-59-65-71-85(90)102-81(74-96-83(88)68-62-56-50-43-39-35-33-32-34-38-42-48-54-60-66-78(4)5)76-100-104(92,93)98-72-80(87)73-99-105(94,95)101-77-82(75-97-84(89)69-63-57-51-47-46-49-55-61-67-79(6)9-3)103-86(91)70-64-58-52-44-40-36-30-23-21-19-17-15-13-11-8-2/h78-82,87H,7-77H2,1-6H3,(H,92,93)(H,94,95)/t79?,80-,81-,82-/m1/s1. The maximum absolute atomic E-state index is 13.1. The fourth-order valence-corrected chi connectivity index (χ4v) is 15.0. The Kier molecular flexibility index (Phi) is 76.0. The number of phosphoric acid groups is 2. The molecule has 6 atom stereocenters. The van der Waals surface area contributed by atoms with Crippen LogP contribution in [0.25, 0.3) is 0 Å². The Morgan fingerprint density at radius 3 is 0.724 bits per heavy atom. The number of rotatable bonds is 85. The summed E-state index contributed by atoms with van der Waals surface area (Å²) in [4.78, 5) is 73.3. The molecule has 0 amide bonds. The zero-order valence-electron chi connectivity index (χ0n) is 69.0. The molecule has 0 saturated carbocycles. The van der Waals surface area contributed by atoms with E-state index in [9.17, 15) is 43.2 Å². The van der Waals surface area contributed by atoms with E-state index >= 15 is 0 Å². The third-order valence-corrected chi connectivity index (χ3v) is 22.5. The molecule has 0 heterocycles. The molecule has 105 heavy (non-hydrogen) atoms. The molecule has 0 aliphatic heterocycles. The molecule has 0 bridgehead atoms. The molecule has 624 valence electrons. The van der Waals surface area contributed by atoms with Gasteiger partial charge in [-0.05, 0) is 37.5 Å². The molecular weight excluding hydrogens is 1370 g/mol. The molecule has 3 unspecified atom stereocenters. The van der Waals surface area contributed by atoms with Crippen molar-refractivity contribution in [3.05, 3.63) is 0 Å². The zero-order chi connectivity index (χ0) is 77.1. The summed E-state index contributed by atoms with van der Waals surface area (Å²) < 4.78 is 68.9. The molecule has 0 aromatic carbocycles. The van der Waals surface area contributed by atoms with Crippen LogP contribution in [0.5, 0.6) is 0 Å². The van der Waals surface area contributed by atoms with Gasteiger partial charge in [0.05, 0.1) is 26.4 Å². The molecule has 0 aliphatic carbocycles. The highest BCUT2D eigenvalue weighted by Gasteiger charge is 2.30. The Morgan fingerprint density at radius 1 is 0.276 bits per heavy atom. The lowest BCUT2D eigenvalue weighted by atomic mass is 9.99. The lowest BCUT2D eigenvalue weighted by Gasteiger charge is -2.21. The van der Waals surface area contributed by atoms with Crippen LogP contribution >= 0.6 is 15.6 Å². The van der Waals surface area contributed by atoms with Gasteiger partial charge in [0.25, 0.3) is 0 Å². The lowest BCUT2D eigenvalue weighted by Crippen LogP contribution is -2.30. The summed E-state index contributed by atoms with van der Waals surface area (Å²) in [6.45, 7) is 9.70. The number of aliphatic hydroxyl groups excluding tert-OH is 1. The van der Waals surface area contributed by atoms with Gasteiger partial charge in [0, 0.05) is 25.7 Å². The van der Waals surface area contributed by atoms with Crippen molar-refractivity contribution in [3.63, 3.8) is 0 Å². The molecular formula is C86H168O17P2. The van der Waals surface area contributed by atoms with Gasteiger partial charge in [0.1, 0.15) is 19.3 Å². The second-order valence-electron chi connectivity index (χ2n) is 31.6. The van der Waals surface area contributed by atoms with Crippen LogP contribution in [0.15, 0.2) is 0 Å². The van der Waals surface area contributed by atoms with Crippen molar-refractivity contribution >= 4 is 39.5 Å². The van der Waals surface area contributed by atoms with Gasteiger partial charge in [0.2, 0.25) is 0 Å². The first kappa shape index (κ1) is 103. The first-order valence-electron chi connectivity index (χ1n) is 44.5. The highest BCUT2D eigenvalue weighted by Crippen LogP contribution is 2.45. The quantitative estimate of drug-likeness (QED) is 0.0222. The first-order chi connectivity index (χ1) is 50.9. The molecule has 0 fully saturated rings. The van der Waals surface area contributed by atoms with Gasteiger partial charge in [-0.15, -0.1) is 0 Å². The second kappa shape index (κ2) is 77.4. The van der Waals surface area contributed by atoms with E-state index in [-0.39, 0.29) is 25.7 Å². The van der Waals surface area contributed by atoms with Crippen LogP contribution in [0.4, 0.5) is 0 Å². The SMILES string of the molecule is CCCCCCCCCCCCCCCCCCCCCCCC(=O)O[C@H](COC(=O)CCCCCCCCCCCCCCCCC(C)C)COP(=O)(O)OC[C@@H](O)COP(=O)(O)OC[C@@H](COC(=O)CCCCCCCCCCC(C)CC)OC(=O)CCCCCCCCCCCCCCCCC. The van der Waals surface area contributed by atoms with Crippen molar-refractivity contribution < 1.29 is 80.2 Å².